The number of aliphatic hydroxyl groups is 1. The number of anilines is 1. The highest BCUT2D eigenvalue weighted by Crippen LogP contribution is 2.35. The molecule has 1 aliphatic heterocycles. The number of hydrogen-bond acceptors (Lipinski definition) is 4. The Morgan fingerprint density at radius 2 is 2.04 bits per heavy atom. The SMILES string of the molecule is CC1(C)CN(c2ccc(OC(F)(F)CO)c(F)c2)[C@H]2CCCC[C@@H]2N1. The first-order valence-corrected chi connectivity index (χ1v) is 8.72. The molecule has 0 unspecified atom stereocenters. The molecule has 1 aromatic carbocycles. The number of nitrogens with one attached hydrogen (secondary N) is 1. The predicted molar refractivity (Wildman–Crippen MR) is 89.7 cm³/mol. The van der Waals surface area contributed by atoms with E-state index in [1.165, 1.54) is 18.6 Å². The van der Waals surface area contributed by atoms with Crippen LogP contribution in [0.3, 0.4) is 0 Å². The van der Waals surface area contributed by atoms with E-state index in [0.29, 0.717) is 18.3 Å². The van der Waals surface area contributed by atoms with Crippen molar-refractivity contribution in [2.24, 2.45) is 0 Å². The number of fused-ring (bicyclic) bond motifs is 1. The van der Waals surface area contributed by atoms with Crippen LogP contribution in [0, 0.1) is 5.82 Å². The van der Waals surface area contributed by atoms with Gasteiger partial charge in [0.15, 0.2) is 11.6 Å². The fraction of sp³-hybridized carbons (Fsp3) is 0.667. The van der Waals surface area contributed by atoms with Gasteiger partial charge in [0.25, 0.3) is 0 Å². The zero-order chi connectivity index (χ0) is 18.2. The van der Waals surface area contributed by atoms with Gasteiger partial charge in [-0.3, -0.25) is 0 Å². The van der Waals surface area contributed by atoms with Gasteiger partial charge in [-0.25, -0.2) is 4.39 Å². The number of benzene rings is 1. The lowest BCUT2D eigenvalue weighted by atomic mass is 9.83. The second-order valence-electron chi connectivity index (χ2n) is 7.63. The third kappa shape index (κ3) is 4.03. The number of aliphatic hydroxyl groups excluding tert-OH is 1. The molecule has 1 saturated carbocycles. The zero-order valence-electron chi connectivity index (χ0n) is 14.6. The molecule has 0 amide bonds. The van der Waals surface area contributed by atoms with Crippen LogP contribution < -0.4 is 15.0 Å². The Hall–Kier alpha value is -1.47. The molecule has 2 atom stereocenters. The highest BCUT2D eigenvalue weighted by atomic mass is 19.3. The largest absolute Gasteiger partial charge is 0.428 e. The lowest BCUT2D eigenvalue weighted by Crippen LogP contribution is -2.67. The Balaban J connectivity index is 1.85. The summed E-state index contributed by atoms with van der Waals surface area (Å²) >= 11 is 0. The van der Waals surface area contributed by atoms with Crippen molar-refractivity contribution in [3.8, 4) is 5.75 Å². The standard InChI is InChI=1S/C18H25F3N2O2/c1-17(2)10-23(15-6-4-3-5-14(15)22-17)12-7-8-16(13(19)9-12)25-18(20,21)11-24/h7-9,14-15,22,24H,3-6,10-11H2,1-2H3/t14-,15-/m0/s1. The van der Waals surface area contributed by atoms with E-state index in [0.717, 1.165) is 19.3 Å². The van der Waals surface area contributed by atoms with Gasteiger partial charge in [0.1, 0.15) is 6.61 Å². The summed E-state index contributed by atoms with van der Waals surface area (Å²) in [6, 6.07) is 4.68. The summed E-state index contributed by atoms with van der Waals surface area (Å²) in [6.07, 6.45) is 0.614. The minimum absolute atomic E-state index is 0.117. The van der Waals surface area contributed by atoms with Crippen LogP contribution in [0.25, 0.3) is 0 Å². The second-order valence-corrected chi connectivity index (χ2v) is 7.63. The quantitative estimate of drug-likeness (QED) is 0.867. The Morgan fingerprint density at radius 3 is 2.72 bits per heavy atom. The summed E-state index contributed by atoms with van der Waals surface area (Å²) in [7, 11) is 0. The molecular weight excluding hydrogens is 333 g/mol. The maximum Gasteiger partial charge on any atom is 0.421 e. The van der Waals surface area contributed by atoms with Crippen LogP contribution in [0.15, 0.2) is 18.2 Å². The van der Waals surface area contributed by atoms with Crippen LogP contribution in [-0.4, -0.2) is 42.0 Å². The van der Waals surface area contributed by atoms with Gasteiger partial charge in [0, 0.05) is 35.9 Å². The van der Waals surface area contributed by atoms with Gasteiger partial charge in [-0.15, -0.1) is 0 Å². The van der Waals surface area contributed by atoms with Gasteiger partial charge in [-0.2, -0.15) is 8.78 Å². The topological polar surface area (TPSA) is 44.7 Å². The van der Waals surface area contributed by atoms with E-state index in [-0.39, 0.29) is 11.6 Å². The molecule has 0 bridgehead atoms. The minimum atomic E-state index is -3.80. The Bertz CT molecular complexity index is 624. The molecule has 1 heterocycles. The molecule has 1 saturated heterocycles. The van der Waals surface area contributed by atoms with Crippen molar-refractivity contribution in [2.45, 2.75) is 63.3 Å². The highest BCUT2D eigenvalue weighted by Gasteiger charge is 2.40. The van der Waals surface area contributed by atoms with Gasteiger partial charge < -0.3 is 20.1 Å². The summed E-state index contributed by atoms with van der Waals surface area (Å²) in [5, 5.41) is 12.3. The Morgan fingerprint density at radius 1 is 1.32 bits per heavy atom. The molecule has 0 aromatic heterocycles. The van der Waals surface area contributed by atoms with Crippen molar-refractivity contribution in [3.63, 3.8) is 0 Å². The highest BCUT2D eigenvalue weighted by molar-refractivity contribution is 5.52. The lowest BCUT2D eigenvalue weighted by molar-refractivity contribution is -0.202. The third-order valence-corrected chi connectivity index (χ3v) is 4.96. The Kier molecular flexibility index (Phi) is 4.90. The maximum atomic E-state index is 14.3. The van der Waals surface area contributed by atoms with Crippen LogP contribution in [-0.2, 0) is 0 Å². The number of rotatable bonds is 4. The van der Waals surface area contributed by atoms with E-state index in [1.807, 2.05) is 0 Å². The van der Waals surface area contributed by atoms with E-state index in [1.54, 1.807) is 6.07 Å². The number of hydrogen-bond donors (Lipinski definition) is 2. The summed E-state index contributed by atoms with van der Waals surface area (Å²) in [5.41, 5.74) is 0.553. The van der Waals surface area contributed by atoms with Crippen LogP contribution >= 0.6 is 0 Å². The van der Waals surface area contributed by atoms with E-state index in [4.69, 9.17) is 5.11 Å². The molecule has 3 rings (SSSR count). The van der Waals surface area contributed by atoms with Crippen molar-refractivity contribution in [2.75, 3.05) is 18.1 Å². The average Bonchev–Trinajstić information content (AvgIpc) is 2.55. The molecule has 1 aliphatic carbocycles. The normalized spacial score (nSPS) is 26.2. The number of piperazine rings is 1. The van der Waals surface area contributed by atoms with Crippen LogP contribution in [0.1, 0.15) is 39.5 Å². The van der Waals surface area contributed by atoms with Crippen LogP contribution in [0.4, 0.5) is 18.9 Å². The van der Waals surface area contributed by atoms with E-state index < -0.39 is 24.3 Å². The molecule has 25 heavy (non-hydrogen) atoms. The molecular formula is C18H25F3N2O2. The van der Waals surface area contributed by atoms with Crippen LogP contribution in [0.5, 0.6) is 5.75 Å². The minimum Gasteiger partial charge on any atom is -0.428 e. The second kappa shape index (κ2) is 6.68. The molecule has 2 N–H and O–H groups in total. The van der Waals surface area contributed by atoms with Crippen LogP contribution in [0.2, 0.25) is 0 Å². The molecule has 4 nitrogen and oxygen atoms in total. The van der Waals surface area contributed by atoms with Gasteiger partial charge in [-0.05, 0) is 38.8 Å². The number of nitrogens with zero attached hydrogens (tertiary/aromatic N) is 1. The number of alkyl halides is 2. The monoisotopic (exact) mass is 358 g/mol. The molecule has 7 heteroatoms. The van der Waals surface area contributed by atoms with E-state index in [9.17, 15) is 13.2 Å². The molecule has 2 aliphatic rings. The Labute approximate surface area is 146 Å². The van der Waals surface area contributed by atoms with Gasteiger partial charge in [-0.1, -0.05) is 12.8 Å². The molecule has 1 aromatic rings. The summed E-state index contributed by atoms with van der Waals surface area (Å²) < 4.78 is 44.9. The summed E-state index contributed by atoms with van der Waals surface area (Å²) in [5.74, 6) is -1.41. The summed E-state index contributed by atoms with van der Waals surface area (Å²) in [4.78, 5) is 2.18. The van der Waals surface area contributed by atoms with Gasteiger partial charge in [0.05, 0.1) is 0 Å². The fourth-order valence-corrected chi connectivity index (χ4v) is 3.97. The van der Waals surface area contributed by atoms with Crippen molar-refractivity contribution < 1.29 is 23.0 Å². The number of halogens is 3. The molecule has 0 radical (unpaired) electrons. The van der Waals surface area contributed by atoms with E-state index in [2.05, 4.69) is 28.8 Å². The summed E-state index contributed by atoms with van der Waals surface area (Å²) in [6.45, 7) is 3.44. The first-order chi connectivity index (χ1) is 11.7. The molecule has 2 fully saturated rings. The maximum absolute atomic E-state index is 14.3. The van der Waals surface area contributed by atoms with Crippen molar-refractivity contribution in [3.05, 3.63) is 24.0 Å². The van der Waals surface area contributed by atoms with Gasteiger partial charge >= 0.3 is 6.11 Å². The zero-order valence-corrected chi connectivity index (χ0v) is 14.6. The average molecular weight is 358 g/mol. The first-order valence-electron chi connectivity index (χ1n) is 8.72. The lowest BCUT2D eigenvalue weighted by Gasteiger charge is -2.52. The third-order valence-electron chi connectivity index (χ3n) is 4.96. The first kappa shape index (κ1) is 18.3. The smallest absolute Gasteiger partial charge is 0.421 e. The van der Waals surface area contributed by atoms with Crippen molar-refractivity contribution >= 4 is 5.69 Å². The fourth-order valence-electron chi connectivity index (χ4n) is 3.97. The predicted octanol–water partition coefficient (Wildman–Crippen LogP) is 3.29. The van der Waals surface area contributed by atoms with Gasteiger partial charge in [0.2, 0.25) is 0 Å². The number of ether oxygens (including phenoxy) is 1. The van der Waals surface area contributed by atoms with Crippen molar-refractivity contribution in [1.29, 1.82) is 0 Å². The molecule has 140 valence electrons. The molecule has 0 spiro atoms. The van der Waals surface area contributed by atoms with Crippen molar-refractivity contribution in [1.82, 2.24) is 5.32 Å². The van der Waals surface area contributed by atoms with E-state index >= 15 is 0 Å².